The van der Waals surface area contributed by atoms with Crippen molar-refractivity contribution in [2.45, 2.75) is 6.42 Å². The minimum Gasteiger partial charge on any atom is -0.350 e. The first-order chi connectivity index (χ1) is 10.1. The molecule has 0 atom stereocenters. The second-order valence-corrected chi connectivity index (χ2v) is 4.76. The van der Waals surface area contributed by atoms with E-state index in [2.05, 4.69) is 20.7 Å². The average molecular weight is 287 g/mol. The molecular weight excluding hydrogens is 273 g/mol. The molecule has 7 heteroatoms. The molecule has 108 valence electrons. The van der Waals surface area contributed by atoms with Crippen LogP contribution >= 0.6 is 0 Å². The lowest BCUT2D eigenvalue weighted by Crippen LogP contribution is -2.27. The number of nitrogens with zero attached hydrogens (tertiary/aromatic N) is 3. The second kappa shape index (κ2) is 5.35. The number of carbonyl (C=O) groups excluding carboxylic acids is 1. The Morgan fingerprint density at radius 3 is 3.05 bits per heavy atom. The maximum atomic E-state index is 13.2. The van der Waals surface area contributed by atoms with Gasteiger partial charge in [0.15, 0.2) is 0 Å². The van der Waals surface area contributed by atoms with Gasteiger partial charge in [-0.05, 0) is 24.3 Å². The Bertz CT molecular complexity index is 778. The number of amides is 1. The molecule has 0 radical (unpaired) electrons. The maximum Gasteiger partial charge on any atom is 0.267 e. The number of hydrogen-bond donors (Lipinski definition) is 2. The molecule has 2 heterocycles. The molecule has 1 aromatic carbocycles. The highest BCUT2D eigenvalue weighted by Gasteiger charge is 2.13. The van der Waals surface area contributed by atoms with Crippen LogP contribution in [0.5, 0.6) is 0 Å². The molecule has 0 unspecified atom stereocenters. The molecule has 21 heavy (non-hydrogen) atoms. The van der Waals surface area contributed by atoms with Gasteiger partial charge in [0.2, 0.25) is 0 Å². The van der Waals surface area contributed by atoms with Gasteiger partial charge >= 0.3 is 0 Å². The zero-order chi connectivity index (χ0) is 14.8. The van der Waals surface area contributed by atoms with Crippen molar-refractivity contribution >= 4 is 16.8 Å². The highest BCUT2D eigenvalue weighted by Crippen LogP contribution is 2.19. The lowest BCUT2D eigenvalue weighted by molar-refractivity contribution is 0.0946. The lowest BCUT2D eigenvalue weighted by Gasteiger charge is -2.05. The van der Waals surface area contributed by atoms with Crippen LogP contribution in [-0.2, 0) is 13.5 Å². The van der Waals surface area contributed by atoms with Crippen LogP contribution < -0.4 is 5.32 Å². The largest absolute Gasteiger partial charge is 0.350 e. The molecule has 3 rings (SSSR count). The fourth-order valence-corrected chi connectivity index (χ4v) is 2.28. The Morgan fingerprint density at radius 2 is 2.29 bits per heavy atom. The number of aromatic amines is 1. The standard InChI is InChI=1S/C14H14FN5O/c1-20-12-3-2-10(15)6-9(12)7-13(20)14(21)16-5-4-11-8-17-19-18-11/h2-3,6-8H,4-5H2,1H3,(H,16,21)(H,17,18,19). The fourth-order valence-electron chi connectivity index (χ4n) is 2.28. The van der Waals surface area contributed by atoms with Crippen LogP contribution in [0.15, 0.2) is 30.5 Å². The monoisotopic (exact) mass is 287 g/mol. The smallest absolute Gasteiger partial charge is 0.267 e. The molecule has 0 aliphatic rings. The average Bonchev–Trinajstić information content (AvgIpc) is 3.07. The van der Waals surface area contributed by atoms with E-state index in [1.807, 2.05) is 0 Å². The summed E-state index contributed by atoms with van der Waals surface area (Å²) in [6.45, 7) is 0.460. The van der Waals surface area contributed by atoms with E-state index in [0.717, 1.165) is 11.2 Å². The molecule has 2 N–H and O–H groups in total. The molecule has 0 bridgehead atoms. The van der Waals surface area contributed by atoms with E-state index in [4.69, 9.17) is 0 Å². The topological polar surface area (TPSA) is 75.6 Å². The lowest BCUT2D eigenvalue weighted by atomic mass is 10.2. The number of H-pyrrole nitrogens is 1. The Morgan fingerprint density at radius 1 is 1.43 bits per heavy atom. The minimum atomic E-state index is -0.314. The number of rotatable bonds is 4. The van der Waals surface area contributed by atoms with Crippen LogP contribution in [-0.4, -0.2) is 32.4 Å². The first kappa shape index (κ1) is 13.3. The van der Waals surface area contributed by atoms with E-state index in [1.165, 1.54) is 12.1 Å². The van der Waals surface area contributed by atoms with Gasteiger partial charge in [-0.2, -0.15) is 15.4 Å². The molecule has 0 fully saturated rings. The van der Waals surface area contributed by atoms with Gasteiger partial charge in [0, 0.05) is 30.9 Å². The van der Waals surface area contributed by atoms with Crippen LogP contribution in [0.1, 0.15) is 16.2 Å². The van der Waals surface area contributed by atoms with Crippen molar-refractivity contribution in [3.63, 3.8) is 0 Å². The van der Waals surface area contributed by atoms with Crippen LogP contribution in [0.25, 0.3) is 10.9 Å². The third kappa shape index (κ3) is 2.62. The van der Waals surface area contributed by atoms with Crippen LogP contribution in [0.4, 0.5) is 4.39 Å². The Kier molecular flexibility index (Phi) is 3.39. The summed E-state index contributed by atoms with van der Waals surface area (Å²) in [6.07, 6.45) is 2.21. The van der Waals surface area contributed by atoms with Gasteiger partial charge in [0.05, 0.1) is 11.9 Å². The van der Waals surface area contributed by atoms with Gasteiger partial charge in [0.25, 0.3) is 5.91 Å². The predicted molar refractivity (Wildman–Crippen MR) is 75.3 cm³/mol. The Labute approximate surface area is 120 Å². The van der Waals surface area contributed by atoms with Gasteiger partial charge in [-0.25, -0.2) is 4.39 Å². The number of hydrogen-bond acceptors (Lipinski definition) is 3. The van der Waals surface area contributed by atoms with Crippen molar-refractivity contribution in [1.29, 1.82) is 0 Å². The number of aromatic nitrogens is 4. The molecule has 0 saturated heterocycles. The number of carbonyl (C=O) groups is 1. The van der Waals surface area contributed by atoms with Crippen molar-refractivity contribution < 1.29 is 9.18 Å². The third-order valence-electron chi connectivity index (χ3n) is 3.37. The number of nitrogens with one attached hydrogen (secondary N) is 2. The number of benzene rings is 1. The van der Waals surface area contributed by atoms with Crippen LogP contribution in [0.2, 0.25) is 0 Å². The highest BCUT2D eigenvalue weighted by atomic mass is 19.1. The first-order valence-electron chi connectivity index (χ1n) is 6.53. The minimum absolute atomic E-state index is 0.197. The SMILES string of the molecule is Cn1c(C(=O)NCCc2cn[nH]n2)cc2cc(F)ccc21. The van der Waals surface area contributed by atoms with E-state index >= 15 is 0 Å². The maximum absolute atomic E-state index is 13.2. The summed E-state index contributed by atoms with van der Waals surface area (Å²) in [6, 6.07) is 6.15. The zero-order valence-corrected chi connectivity index (χ0v) is 11.4. The quantitative estimate of drug-likeness (QED) is 0.761. The van der Waals surface area contributed by atoms with Crippen LogP contribution in [0.3, 0.4) is 0 Å². The Hall–Kier alpha value is -2.70. The highest BCUT2D eigenvalue weighted by molar-refractivity contribution is 5.98. The third-order valence-corrected chi connectivity index (χ3v) is 3.37. The molecule has 2 aromatic heterocycles. The van der Waals surface area contributed by atoms with Crippen molar-refractivity contribution in [2.24, 2.45) is 7.05 Å². The van der Waals surface area contributed by atoms with E-state index in [1.54, 1.807) is 29.9 Å². The van der Waals surface area contributed by atoms with E-state index < -0.39 is 0 Å². The molecule has 0 aliphatic carbocycles. The summed E-state index contributed by atoms with van der Waals surface area (Å²) in [5, 5.41) is 13.7. The second-order valence-electron chi connectivity index (χ2n) is 4.76. The molecule has 6 nitrogen and oxygen atoms in total. The Balaban J connectivity index is 1.73. The van der Waals surface area contributed by atoms with Crippen LogP contribution in [0, 0.1) is 5.82 Å². The molecule has 0 saturated carbocycles. The van der Waals surface area contributed by atoms with Crippen molar-refractivity contribution in [1.82, 2.24) is 25.3 Å². The van der Waals surface area contributed by atoms with E-state index in [0.29, 0.717) is 24.0 Å². The summed E-state index contributed by atoms with van der Waals surface area (Å²) in [4.78, 5) is 12.2. The van der Waals surface area contributed by atoms with Gasteiger partial charge in [-0.1, -0.05) is 0 Å². The molecular formula is C14H14FN5O. The summed E-state index contributed by atoms with van der Waals surface area (Å²) >= 11 is 0. The number of aryl methyl sites for hydroxylation is 1. The van der Waals surface area contributed by atoms with Crippen molar-refractivity contribution in [3.05, 3.63) is 47.7 Å². The predicted octanol–water partition coefficient (Wildman–Crippen LogP) is 1.41. The summed E-state index contributed by atoms with van der Waals surface area (Å²) in [5.41, 5.74) is 2.10. The van der Waals surface area contributed by atoms with E-state index in [9.17, 15) is 9.18 Å². The molecule has 1 amide bonds. The number of fused-ring (bicyclic) bond motifs is 1. The van der Waals surface area contributed by atoms with Gasteiger partial charge in [0.1, 0.15) is 11.5 Å². The zero-order valence-electron chi connectivity index (χ0n) is 11.4. The van der Waals surface area contributed by atoms with Crippen molar-refractivity contribution in [2.75, 3.05) is 6.54 Å². The first-order valence-corrected chi connectivity index (χ1v) is 6.53. The summed E-state index contributed by atoms with van der Waals surface area (Å²) in [7, 11) is 1.78. The van der Waals surface area contributed by atoms with Gasteiger partial charge in [-0.15, -0.1) is 0 Å². The normalized spacial score (nSPS) is 11.0. The van der Waals surface area contributed by atoms with Crippen molar-refractivity contribution in [3.8, 4) is 0 Å². The summed E-state index contributed by atoms with van der Waals surface area (Å²) in [5.74, 6) is -0.510. The molecule has 0 spiro atoms. The fraction of sp³-hybridized carbons (Fsp3) is 0.214. The van der Waals surface area contributed by atoms with Gasteiger partial charge in [-0.3, -0.25) is 4.79 Å². The van der Waals surface area contributed by atoms with E-state index in [-0.39, 0.29) is 11.7 Å². The molecule has 0 aliphatic heterocycles. The molecule has 3 aromatic rings. The summed E-state index contributed by atoms with van der Waals surface area (Å²) < 4.78 is 15.0. The number of halogens is 1. The van der Waals surface area contributed by atoms with Gasteiger partial charge < -0.3 is 9.88 Å².